The number of hydrogen-bond donors (Lipinski definition) is 1. The van der Waals surface area contributed by atoms with Crippen LogP contribution in [0.1, 0.15) is 27.6 Å². The molecule has 0 unspecified atom stereocenters. The fourth-order valence-corrected chi connectivity index (χ4v) is 2.30. The predicted molar refractivity (Wildman–Crippen MR) is 93.0 cm³/mol. The maximum absolute atomic E-state index is 10.4. The summed E-state index contributed by atoms with van der Waals surface area (Å²) in [6.45, 7) is 5.20. The van der Waals surface area contributed by atoms with Crippen LogP contribution >= 0.6 is 23.2 Å². The highest BCUT2D eigenvalue weighted by Crippen LogP contribution is 2.21. The molecule has 0 saturated carbocycles. The minimum atomic E-state index is -0.980. The topological polar surface area (TPSA) is 102 Å². The van der Waals surface area contributed by atoms with Gasteiger partial charge in [-0.05, 0) is 38.1 Å². The van der Waals surface area contributed by atoms with Gasteiger partial charge in [0.25, 0.3) is 0 Å². The Morgan fingerprint density at radius 1 is 0.960 bits per heavy atom. The normalized spacial score (nSPS) is 10.1. The maximum atomic E-state index is 10.4. The van der Waals surface area contributed by atoms with Crippen molar-refractivity contribution in [2.24, 2.45) is 0 Å². The van der Waals surface area contributed by atoms with Gasteiger partial charge >= 0.3 is 5.97 Å². The van der Waals surface area contributed by atoms with Crippen LogP contribution in [0.15, 0.2) is 28.7 Å². The lowest BCUT2D eigenvalue weighted by Gasteiger charge is -1.99. The molecular formula is C16H14Cl2N4O3. The fraction of sp³-hybridized carbons (Fsp3) is 0.188. The second-order valence-corrected chi connectivity index (χ2v) is 5.74. The van der Waals surface area contributed by atoms with Crippen molar-refractivity contribution >= 4 is 29.2 Å². The molecule has 3 aromatic rings. The number of halogens is 2. The highest BCUT2D eigenvalue weighted by atomic mass is 35.5. The molecule has 25 heavy (non-hydrogen) atoms. The van der Waals surface area contributed by atoms with E-state index in [2.05, 4.69) is 20.2 Å². The van der Waals surface area contributed by atoms with Gasteiger partial charge in [0.1, 0.15) is 10.3 Å². The molecule has 3 aromatic heterocycles. The van der Waals surface area contributed by atoms with Gasteiger partial charge in [0.15, 0.2) is 0 Å². The van der Waals surface area contributed by atoms with Crippen LogP contribution in [0.2, 0.25) is 10.3 Å². The number of aromatic carboxylic acids is 1. The molecule has 3 rings (SSSR count). The van der Waals surface area contributed by atoms with Gasteiger partial charge in [-0.25, -0.2) is 14.8 Å². The van der Waals surface area contributed by atoms with Crippen LogP contribution in [0, 0.1) is 20.8 Å². The van der Waals surface area contributed by atoms with Crippen LogP contribution in [0.5, 0.6) is 0 Å². The van der Waals surface area contributed by atoms with E-state index in [4.69, 9.17) is 32.7 Å². The lowest BCUT2D eigenvalue weighted by molar-refractivity contribution is 0.0695. The van der Waals surface area contributed by atoms with Crippen LogP contribution in [0.4, 0.5) is 0 Å². The molecule has 0 bridgehead atoms. The first-order chi connectivity index (χ1) is 11.8. The van der Waals surface area contributed by atoms with E-state index in [1.165, 1.54) is 12.1 Å². The average molecular weight is 381 g/mol. The monoisotopic (exact) mass is 380 g/mol. The Labute approximate surface area is 153 Å². The smallest absolute Gasteiger partial charge is 0.337 e. The van der Waals surface area contributed by atoms with Crippen LogP contribution < -0.4 is 0 Å². The number of pyridine rings is 2. The van der Waals surface area contributed by atoms with E-state index in [1.807, 2.05) is 13.0 Å². The van der Waals surface area contributed by atoms with E-state index in [0.29, 0.717) is 27.8 Å². The highest BCUT2D eigenvalue weighted by molar-refractivity contribution is 6.29. The van der Waals surface area contributed by atoms with Crippen molar-refractivity contribution in [3.05, 3.63) is 57.4 Å². The first kappa shape index (κ1) is 18.8. The number of nitrogens with zero attached hydrogens (tertiary/aromatic N) is 4. The summed E-state index contributed by atoms with van der Waals surface area (Å²) in [7, 11) is 0. The fourth-order valence-electron chi connectivity index (χ4n) is 1.92. The second-order valence-electron chi connectivity index (χ2n) is 4.97. The molecule has 3 heterocycles. The largest absolute Gasteiger partial charge is 0.478 e. The first-order valence-electron chi connectivity index (χ1n) is 7.08. The molecule has 9 heteroatoms. The van der Waals surface area contributed by atoms with Gasteiger partial charge in [-0.3, -0.25) is 0 Å². The van der Waals surface area contributed by atoms with Crippen LogP contribution in [-0.2, 0) is 0 Å². The Morgan fingerprint density at radius 2 is 1.56 bits per heavy atom. The van der Waals surface area contributed by atoms with Crippen molar-refractivity contribution in [1.29, 1.82) is 0 Å². The Morgan fingerprint density at radius 3 is 2.04 bits per heavy atom. The zero-order valence-corrected chi connectivity index (χ0v) is 15.1. The lowest BCUT2D eigenvalue weighted by Crippen LogP contribution is -2.00. The van der Waals surface area contributed by atoms with Crippen molar-refractivity contribution in [2.75, 3.05) is 0 Å². The third-order valence-electron chi connectivity index (χ3n) is 3.09. The maximum Gasteiger partial charge on any atom is 0.337 e. The van der Waals surface area contributed by atoms with Gasteiger partial charge in [-0.1, -0.05) is 23.2 Å². The van der Waals surface area contributed by atoms with Gasteiger partial charge in [0.2, 0.25) is 11.8 Å². The van der Waals surface area contributed by atoms with Crippen LogP contribution in [0.3, 0.4) is 0 Å². The molecule has 7 nitrogen and oxygen atoms in total. The zero-order valence-electron chi connectivity index (χ0n) is 13.6. The molecule has 0 saturated heterocycles. The minimum Gasteiger partial charge on any atom is -0.478 e. The Kier molecular flexibility index (Phi) is 6.06. The molecule has 0 amide bonds. The number of carboxylic acid groups (broad SMARTS) is 1. The van der Waals surface area contributed by atoms with Gasteiger partial charge in [-0.15, -0.1) is 10.2 Å². The quantitative estimate of drug-likeness (QED) is 0.666. The Balaban J connectivity index is 0.000000186. The Hall–Kier alpha value is -2.51. The summed E-state index contributed by atoms with van der Waals surface area (Å²) in [5, 5.41) is 17.0. The number of aryl methyl sites for hydroxylation is 3. The molecule has 0 aromatic carbocycles. The summed E-state index contributed by atoms with van der Waals surface area (Å²) in [6.07, 6.45) is 0. The molecule has 0 spiro atoms. The SMILES string of the molecule is Cc1nc(Cl)ccc1C(=O)O.Cc1nnc(-c2ccc(Cl)nc2C)o1. The second kappa shape index (κ2) is 8.04. The lowest BCUT2D eigenvalue weighted by atomic mass is 10.2. The molecule has 0 aliphatic heterocycles. The number of carbonyl (C=O) groups is 1. The van der Waals surface area contributed by atoms with Crippen LogP contribution in [0.25, 0.3) is 11.5 Å². The molecule has 0 atom stereocenters. The average Bonchev–Trinajstić information content (AvgIpc) is 2.93. The highest BCUT2D eigenvalue weighted by Gasteiger charge is 2.10. The van der Waals surface area contributed by atoms with E-state index in [0.717, 1.165) is 11.3 Å². The summed E-state index contributed by atoms with van der Waals surface area (Å²) >= 11 is 11.2. The van der Waals surface area contributed by atoms with Gasteiger partial charge in [0.05, 0.1) is 22.5 Å². The summed E-state index contributed by atoms with van der Waals surface area (Å²) in [4.78, 5) is 18.3. The van der Waals surface area contributed by atoms with E-state index in [1.54, 1.807) is 19.9 Å². The van der Waals surface area contributed by atoms with Gasteiger partial charge in [-0.2, -0.15) is 0 Å². The molecular weight excluding hydrogens is 367 g/mol. The molecule has 0 radical (unpaired) electrons. The third kappa shape index (κ3) is 4.98. The number of hydrogen-bond acceptors (Lipinski definition) is 6. The van der Waals surface area contributed by atoms with Crippen molar-refractivity contribution < 1.29 is 14.3 Å². The molecule has 0 aliphatic rings. The molecule has 130 valence electrons. The zero-order chi connectivity index (χ0) is 18.6. The third-order valence-corrected chi connectivity index (χ3v) is 3.51. The molecule has 0 fully saturated rings. The van der Waals surface area contributed by atoms with Crippen molar-refractivity contribution in [3.63, 3.8) is 0 Å². The van der Waals surface area contributed by atoms with Crippen molar-refractivity contribution in [2.45, 2.75) is 20.8 Å². The summed E-state index contributed by atoms with van der Waals surface area (Å²) in [6, 6.07) is 6.41. The van der Waals surface area contributed by atoms with Gasteiger partial charge in [0, 0.05) is 6.92 Å². The van der Waals surface area contributed by atoms with E-state index < -0.39 is 5.97 Å². The van der Waals surface area contributed by atoms with E-state index in [9.17, 15) is 4.79 Å². The number of carboxylic acids is 1. The summed E-state index contributed by atoms with van der Waals surface area (Å²) in [5.74, 6) is 0.0326. The molecule has 1 N–H and O–H groups in total. The van der Waals surface area contributed by atoms with Crippen LogP contribution in [-0.4, -0.2) is 31.2 Å². The number of rotatable bonds is 2. The minimum absolute atomic E-state index is 0.189. The van der Waals surface area contributed by atoms with Gasteiger partial charge < -0.3 is 9.52 Å². The van der Waals surface area contributed by atoms with E-state index in [-0.39, 0.29) is 5.56 Å². The van der Waals surface area contributed by atoms with Crippen molar-refractivity contribution in [1.82, 2.24) is 20.2 Å². The Bertz CT molecular complexity index is 912. The van der Waals surface area contributed by atoms with E-state index >= 15 is 0 Å². The first-order valence-corrected chi connectivity index (χ1v) is 7.83. The predicted octanol–water partition coefficient (Wildman–Crippen LogP) is 4.14. The van der Waals surface area contributed by atoms with Crippen molar-refractivity contribution in [3.8, 4) is 11.5 Å². The summed E-state index contributed by atoms with van der Waals surface area (Å²) in [5.41, 5.74) is 2.22. The molecule has 0 aliphatic carbocycles. The summed E-state index contributed by atoms with van der Waals surface area (Å²) < 4.78 is 5.28. The standard InChI is InChI=1S/C9H8ClN3O.C7H6ClNO2/c1-5-7(3-4-8(10)11-5)9-13-12-6(2)14-9;1-4-5(7(10)11)2-3-6(8)9-4/h3-4H,1-2H3;2-3H,1H3,(H,10,11). The number of aromatic nitrogens is 4.